The normalized spacial score (nSPS) is 12.1. The first-order valence-electron chi connectivity index (χ1n) is 4.77. The van der Waals surface area contributed by atoms with Gasteiger partial charge in [0.15, 0.2) is 0 Å². The Morgan fingerprint density at radius 1 is 1.47 bits per heavy atom. The van der Waals surface area contributed by atoms with Gasteiger partial charge in [0.1, 0.15) is 0 Å². The van der Waals surface area contributed by atoms with Crippen molar-refractivity contribution >= 4 is 23.2 Å². The summed E-state index contributed by atoms with van der Waals surface area (Å²) >= 11 is 11.8. The lowest BCUT2D eigenvalue weighted by atomic mass is 10.1. The molecule has 0 amide bonds. The van der Waals surface area contributed by atoms with Gasteiger partial charge in [0.2, 0.25) is 0 Å². The maximum Gasteiger partial charge on any atom is 0.0658 e. The molecule has 0 heterocycles. The van der Waals surface area contributed by atoms with Crippen molar-refractivity contribution in [3.8, 4) is 12.3 Å². The molecule has 0 radical (unpaired) electrons. The van der Waals surface area contributed by atoms with Crippen LogP contribution in [0.15, 0.2) is 18.2 Å². The largest absolute Gasteiger partial charge is 0.304 e. The zero-order valence-corrected chi connectivity index (χ0v) is 10.1. The molecule has 0 aliphatic carbocycles. The second-order valence-electron chi connectivity index (χ2n) is 3.33. The van der Waals surface area contributed by atoms with Crippen molar-refractivity contribution in [2.24, 2.45) is 0 Å². The third-order valence-electron chi connectivity index (χ3n) is 2.11. The van der Waals surface area contributed by atoms with Crippen LogP contribution >= 0.6 is 23.2 Å². The molecule has 1 aromatic carbocycles. The first kappa shape index (κ1) is 12.4. The van der Waals surface area contributed by atoms with E-state index < -0.39 is 0 Å². The number of benzene rings is 1. The molecule has 3 heteroatoms. The monoisotopic (exact) mass is 241 g/mol. The van der Waals surface area contributed by atoms with E-state index in [2.05, 4.69) is 11.2 Å². The molecule has 0 aromatic heterocycles. The molecule has 0 aliphatic heterocycles. The second-order valence-corrected chi connectivity index (χ2v) is 4.17. The van der Waals surface area contributed by atoms with E-state index in [0.29, 0.717) is 10.0 Å². The summed E-state index contributed by atoms with van der Waals surface area (Å²) in [5.74, 6) is 2.61. The SMILES string of the molecule is C#CC(C)NCCc1ccc(Cl)cc1Cl. The predicted molar refractivity (Wildman–Crippen MR) is 66.5 cm³/mol. The molecule has 15 heavy (non-hydrogen) atoms. The van der Waals surface area contributed by atoms with Gasteiger partial charge in [-0.1, -0.05) is 35.2 Å². The molecule has 1 rings (SSSR count). The number of rotatable bonds is 4. The Kier molecular flexibility index (Phi) is 4.98. The molecule has 0 aliphatic rings. The van der Waals surface area contributed by atoms with Gasteiger partial charge in [-0.3, -0.25) is 0 Å². The minimum atomic E-state index is 0.0936. The van der Waals surface area contributed by atoms with Gasteiger partial charge in [-0.05, 0) is 31.0 Å². The highest BCUT2D eigenvalue weighted by atomic mass is 35.5. The van der Waals surface area contributed by atoms with Crippen LogP contribution in [0.4, 0.5) is 0 Å². The summed E-state index contributed by atoms with van der Waals surface area (Å²) in [5, 5.41) is 4.56. The third kappa shape index (κ3) is 4.13. The van der Waals surface area contributed by atoms with Gasteiger partial charge >= 0.3 is 0 Å². The maximum atomic E-state index is 6.03. The highest BCUT2D eigenvalue weighted by Gasteiger charge is 2.01. The van der Waals surface area contributed by atoms with Crippen molar-refractivity contribution in [3.63, 3.8) is 0 Å². The van der Waals surface area contributed by atoms with Crippen LogP contribution < -0.4 is 5.32 Å². The molecule has 0 saturated heterocycles. The molecule has 80 valence electrons. The summed E-state index contributed by atoms with van der Waals surface area (Å²) in [4.78, 5) is 0. The molecular weight excluding hydrogens is 229 g/mol. The minimum Gasteiger partial charge on any atom is -0.304 e. The van der Waals surface area contributed by atoms with E-state index in [1.54, 1.807) is 6.07 Å². The molecule has 0 spiro atoms. The number of halogens is 2. The van der Waals surface area contributed by atoms with Crippen LogP contribution in [-0.4, -0.2) is 12.6 Å². The van der Waals surface area contributed by atoms with Crippen LogP contribution in [-0.2, 0) is 6.42 Å². The second kappa shape index (κ2) is 6.02. The van der Waals surface area contributed by atoms with Gasteiger partial charge in [-0.25, -0.2) is 0 Å². The summed E-state index contributed by atoms with van der Waals surface area (Å²) in [5.41, 5.74) is 1.08. The fourth-order valence-electron chi connectivity index (χ4n) is 1.21. The molecule has 1 aromatic rings. The average molecular weight is 242 g/mol. The van der Waals surface area contributed by atoms with Gasteiger partial charge in [0.05, 0.1) is 6.04 Å². The van der Waals surface area contributed by atoms with Crippen molar-refractivity contribution in [1.82, 2.24) is 5.32 Å². The molecule has 0 saturated carbocycles. The van der Waals surface area contributed by atoms with Gasteiger partial charge in [-0.15, -0.1) is 6.42 Å². The Morgan fingerprint density at radius 3 is 2.80 bits per heavy atom. The zero-order valence-electron chi connectivity index (χ0n) is 8.56. The lowest BCUT2D eigenvalue weighted by Crippen LogP contribution is -2.26. The van der Waals surface area contributed by atoms with Crippen LogP contribution in [0.5, 0.6) is 0 Å². The van der Waals surface area contributed by atoms with Crippen LogP contribution in [0, 0.1) is 12.3 Å². The fraction of sp³-hybridized carbons (Fsp3) is 0.333. The Bertz CT molecular complexity index is 368. The van der Waals surface area contributed by atoms with E-state index in [1.807, 2.05) is 19.1 Å². The van der Waals surface area contributed by atoms with E-state index in [9.17, 15) is 0 Å². The Balaban J connectivity index is 2.48. The molecular formula is C12H13Cl2N. The summed E-state index contributed by atoms with van der Waals surface area (Å²) in [6, 6.07) is 5.62. The van der Waals surface area contributed by atoms with Crippen molar-refractivity contribution < 1.29 is 0 Å². The van der Waals surface area contributed by atoms with Gasteiger partial charge in [0, 0.05) is 16.6 Å². The van der Waals surface area contributed by atoms with E-state index in [-0.39, 0.29) is 6.04 Å². The third-order valence-corrected chi connectivity index (χ3v) is 2.70. The fourth-order valence-corrected chi connectivity index (χ4v) is 1.71. The van der Waals surface area contributed by atoms with Crippen LogP contribution in [0.2, 0.25) is 10.0 Å². The van der Waals surface area contributed by atoms with E-state index in [0.717, 1.165) is 18.5 Å². The van der Waals surface area contributed by atoms with Crippen molar-refractivity contribution in [2.45, 2.75) is 19.4 Å². The minimum absolute atomic E-state index is 0.0936. The van der Waals surface area contributed by atoms with Crippen LogP contribution in [0.3, 0.4) is 0 Å². The first-order chi connectivity index (χ1) is 7.13. The Hall–Kier alpha value is -0.680. The van der Waals surface area contributed by atoms with E-state index >= 15 is 0 Å². The maximum absolute atomic E-state index is 6.03. The topological polar surface area (TPSA) is 12.0 Å². The Labute approximate surface area is 101 Å². The molecule has 0 fully saturated rings. The highest BCUT2D eigenvalue weighted by molar-refractivity contribution is 6.35. The van der Waals surface area contributed by atoms with Crippen LogP contribution in [0.25, 0.3) is 0 Å². The molecule has 1 unspecified atom stereocenters. The summed E-state index contributed by atoms with van der Waals surface area (Å²) in [6.07, 6.45) is 6.09. The van der Waals surface area contributed by atoms with Crippen LogP contribution in [0.1, 0.15) is 12.5 Å². The molecule has 1 nitrogen and oxygen atoms in total. The lowest BCUT2D eigenvalue weighted by molar-refractivity contribution is 0.646. The summed E-state index contributed by atoms with van der Waals surface area (Å²) in [7, 11) is 0. The van der Waals surface area contributed by atoms with Crippen molar-refractivity contribution in [3.05, 3.63) is 33.8 Å². The molecule has 1 N–H and O–H groups in total. The molecule has 1 atom stereocenters. The molecule has 0 bridgehead atoms. The standard InChI is InChI=1S/C12H13Cl2N/c1-3-9(2)15-7-6-10-4-5-11(13)8-12(10)14/h1,4-5,8-9,15H,6-7H2,2H3. The summed E-state index contributed by atoms with van der Waals surface area (Å²) < 4.78 is 0. The average Bonchev–Trinajstić information content (AvgIpc) is 2.21. The number of terminal acetylenes is 1. The van der Waals surface area contributed by atoms with Crippen molar-refractivity contribution in [2.75, 3.05) is 6.54 Å². The number of hydrogen-bond donors (Lipinski definition) is 1. The Morgan fingerprint density at radius 2 is 2.20 bits per heavy atom. The quantitative estimate of drug-likeness (QED) is 0.800. The van der Waals surface area contributed by atoms with Gasteiger partial charge in [0.25, 0.3) is 0 Å². The van der Waals surface area contributed by atoms with Crippen molar-refractivity contribution in [1.29, 1.82) is 0 Å². The lowest BCUT2D eigenvalue weighted by Gasteiger charge is -2.08. The number of nitrogens with one attached hydrogen (secondary N) is 1. The van der Waals surface area contributed by atoms with Gasteiger partial charge in [-0.2, -0.15) is 0 Å². The summed E-state index contributed by atoms with van der Waals surface area (Å²) in [6.45, 7) is 2.76. The van der Waals surface area contributed by atoms with E-state index in [4.69, 9.17) is 29.6 Å². The smallest absolute Gasteiger partial charge is 0.0658 e. The predicted octanol–water partition coefficient (Wildman–Crippen LogP) is 3.15. The highest BCUT2D eigenvalue weighted by Crippen LogP contribution is 2.20. The first-order valence-corrected chi connectivity index (χ1v) is 5.52. The van der Waals surface area contributed by atoms with Gasteiger partial charge < -0.3 is 5.32 Å². The number of hydrogen-bond acceptors (Lipinski definition) is 1. The van der Waals surface area contributed by atoms with E-state index in [1.165, 1.54) is 0 Å². The zero-order chi connectivity index (χ0) is 11.3.